The number of esters is 1. The molecule has 0 unspecified atom stereocenters. The molecule has 0 amide bonds. The third kappa shape index (κ3) is 4.48. The molecule has 0 aliphatic carbocycles. The van der Waals surface area contributed by atoms with Crippen molar-refractivity contribution in [1.29, 1.82) is 0 Å². The molecule has 30 heavy (non-hydrogen) atoms. The minimum Gasteiger partial charge on any atom is -0.493 e. The van der Waals surface area contributed by atoms with Gasteiger partial charge < -0.3 is 14.2 Å². The van der Waals surface area contributed by atoms with E-state index in [0.29, 0.717) is 34.8 Å². The van der Waals surface area contributed by atoms with Crippen LogP contribution in [0.4, 0.5) is 5.69 Å². The number of nitro benzene ring substituents is 1. The van der Waals surface area contributed by atoms with Crippen molar-refractivity contribution in [3.05, 3.63) is 68.9 Å². The minimum absolute atomic E-state index is 0.0407. The van der Waals surface area contributed by atoms with Crippen molar-refractivity contribution in [2.45, 2.75) is 26.7 Å². The van der Waals surface area contributed by atoms with Gasteiger partial charge in [-0.05, 0) is 43.2 Å². The van der Waals surface area contributed by atoms with Crippen LogP contribution in [0.2, 0.25) is 0 Å². The zero-order valence-corrected chi connectivity index (χ0v) is 17.0. The van der Waals surface area contributed by atoms with Crippen LogP contribution in [0.25, 0.3) is 6.08 Å². The first-order valence-corrected chi connectivity index (χ1v) is 9.52. The average Bonchev–Trinajstić information content (AvgIpc) is 3.09. The fourth-order valence-electron chi connectivity index (χ4n) is 2.95. The SMILES string of the molecule is CCCCOc1ccc(/C=C2\N=C(c3cccc([N+](=O)[O-])c3C)OC2=O)cc1OC. The number of benzene rings is 2. The molecule has 8 nitrogen and oxygen atoms in total. The summed E-state index contributed by atoms with van der Waals surface area (Å²) in [5, 5.41) is 11.2. The van der Waals surface area contributed by atoms with Gasteiger partial charge in [0.05, 0.1) is 18.6 Å². The zero-order valence-electron chi connectivity index (χ0n) is 17.0. The lowest BCUT2D eigenvalue weighted by atomic mass is 10.1. The monoisotopic (exact) mass is 410 g/mol. The summed E-state index contributed by atoms with van der Waals surface area (Å²) in [5.41, 5.74) is 1.50. The van der Waals surface area contributed by atoms with E-state index < -0.39 is 10.9 Å². The number of cyclic esters (lactones) is 1. The number of nitrogens with zero attached hydrogens (tertiary/aromatic N) is 2. The van der Waals surface area contributed by atoms with Crippen LogP contribution < -0.4 is 9.47 Å². The van der Waals surface area contributed by atoms with Gasteiger partial charge in [-0.3, -0.25) is 10.1 Å². The second kappa shape index (κ2) is 9.21. The van der Waals surface area contributed by atoms with Crippen molar-refractivity contribution in [2.75, 3.05) is 13.7 Å². The van der Waals surface area contributed by atoms with Crippen molar-refractivity contribution in [2.24, 2.45) is 4.99 Å². The van der Waals surface area contributed by atoms with Gasteiger partial charge in [0.1, 0.15) is 0 Å². The van der Waals surface area contributed by atoms with Crippen molar-refractivity contribution in [3.8, 4) is 11.5 Å². The van der Waals surface area contributed by atoms with Gasteiger partial charge in [0.25, 0.3) is 5.69 Å². The Balaban J connectivity index is 1.89. The maximum Gasteiger partial charge on any atom is 0.363 e. The molecule has 1 heterocycles. The largest absolute Gasteiger partial charge is 0.493 e. The van der Waals surface area contributed by atoms with Crippen molar-refractivity contribution in [1.82, 2.24) is 0 Å². The van der Waals surface area contributed by atoms with Gasteiger partial charge in [0.15, 0.2) is 17.2 Å². The Morgan fingerprint density at radius 3 is 2.73 bits per heavy atom. The van der Waals surface area contributed by atoms with E-state index in [2.05, 4.69) is 11.9 Å². The normalized spacial score (nSPS) is 14.4. The summed E-state index contributed by atoms with van der Waals surface area (Å²) in [6, 6.07) is 9.85. The molecule has 0 N–H and O–H groups in total. The number of unbranched alkanes of at least 4 members (excludes halogenated alkanes) is 1. The molecule has 156 valence electrons. The number of ether oxygens (including phenoxy) is 3. The third-order valence-electron chi connectivity index (χ3n) is 4.60. The van der Waals surface area contributed by atoms with E-state index in [1.54, 1.807) is 44.4 Å². The van der Waals surface area contributed by atoms with E-state index in [0.717, 1.165) is 12.8 Å². The van der Waals surface area contributed by atoms with Gasteiger partial charge >= 0.3 is 5.97 Å². The van der Waals surface area contributed by atoms with Crippen LogP contribution in [0.15, 0.2) is 47.1 Å². The molecule has 2 aromatic rings. The molecule has 0 bridgehead atoms. The number of carbonyl (C=O) groups is 1. The second-order valence-electron chi connectivity index (χ2n) is 6.66. The number of hydrogen-bond acceptors (Lipinski definition) is 7. The lowest BCUT2D eigenvalue weighted by Crippen LogP contribution is -2.08. The number of rotatable bonds is 8. The molecular weight excluding hydrogens is 388 g/mol. The first-order chi connectivity index (χ1) is 14.4. The van der Waals surface area contributed by atoms with Crippen molar-refractivity contribution < 1.29 is 23.9 Å². The summed E-state index contributed by atoms with van der Waals surface area (Å²) in [5.74, 6) is 0.584. The van der Waals surface area contributed by atoms with E-state index in [-0.39, 0.29) is 17.3 Å². The van der Waals surface area contributed by atoms with Crippen LogP contribution in [0.3, 0.4) is 0 Å². The second-order valence-corrected chi connectivity index (χ2v) is 6.66. The van der Waals surface area contributed by atoms with Gasteiger partial charge in [0, 0.05) is 17.2 Å². The predicted octanol–water partition coefficient (Wildman–Crippen LogP) is 4.44. The number of carbonyl (C=O) groups excluding carboxylic acids is 1. The Kier molecular flexibility index (Phi) is 6.46. The van der Waals surface area contributed by atoms with Crippen LogP contribution in [0.5, 0.6) is 11.5 Å². The highest BCUT2D eigenvalue weighted by Crippen LogP contribution is 2.30. The Morgan fingerprint density at radius 1 is 1.23 bits per heavy atom. The van der Waals surface area contributed by atoms with Crippen LogP contribution in [-0.4, -0.2) is 30.5 Å². The number of hydrogen-bond donors (Lipinski definition) is 0. The molecule has 1 aliphatic rings. The fourth-order valence-corrected chi connectivity index (χ4v) is 2.95. The molecule has 3 rings (SSSR count). The van der Waals surface area contributed by atoms with Crippen molar-refractivity contribution >= 4 is 23.6 Å². The zero-order chi connectivity index (χ0) is 21.7. The molecular formula is C22H22N2O6. The summed E-state index contributed by atoms with van der Waals surface area (Å²) in [6.45, 7) is 4.27. The Morgan fingerprint density at radius 2 is 2.03 bits per heavy atom. The summed E-state index contributed by atoms with van der Waals surface area (Å²) < 4.78 is 16.4. The lowest BCUT2D eigenvalue weighted by molar-refractivity contribution is -0.385. The molecule has 1 aliphatic heterocycles. The smallest absolute Gasteiger partial charge is 0.363 e. The molecule has 0 saturated carbocycles. The van der Waals surface area contributed by atoms with E-state index >= 15 is 0 Å². The molecule has 0 fully saturated rings. The number of aliphatic imine (C=N–C) groups is 1. The van der Waals surface area contributed by atoms with Gasteiger partial charge in [-0.25, -0.2) is 9.79 Å². The highest BCUT2D eigenvalue weighted by atomic mass is 16.6. The minimum atomic E-state index is -0.627. The number of nitro groups is 1. The maximum atomic E-state index is 12.3. The fraction of sp³-hybridized carbons (Fsp3) is 0.273. The first-order valence-electron chi connectivity index (χ1n) is 9.52. The van der Waals surface area contributed by atoms with Crippen molar-refractivity contribution in [3.63, 3.8) is 0 Å². The Bertz CT molecular complexity index is 1040. The average molecular weight is 410 g/mol. The standard InChI is InChI=1S/C22H22N2O6/c1-4-5-11-29-19-10-9-15(13-20(19)28-3)12-17-22(25)30-21(23-17)16-7-6-8-18(14(16)2)24(26)27/h6-10,12-13H,4-5,11H2,1-3H3/b17-12-. The molecule has 8 heteroatoms. The molecule has 0 aromatic heterocycles. The highest BCUT2D eigenvalue weighted by molar-refractivity contribution is 6.13. The lowest BCUT2D eigenvalue weighted by Gasteiger charge is -2.10. The van der Waals surface area contributed by atoms with Gasteiger partial charge in [0.2, 0.25) is 5.90 Å². The Hall–Kier alpha value is -3.68. The topological polar surface area (TPSA) is 100 Å². The van der Waals surface area contributed by atoms with Crippen LogP contribution in [-0.2, 0) is 9.53 Å². The summed E-state index contributed by atoms with van der Waals surface area (Å²) >= 11 is 0. The summed E-state index contributed by atoms with van der Waals surface area (Å²) in [4.78, 5) is 27.2. The first kappa shape index (κ1) is 21.0. The van der Waals surface area contributed by atoms with E-state index in [9.17, 15) is 14.9 Å². The van der Waals surface area contributed by atoms with Crippen LogP contribution in [0.1, 0.15) is 36.5 Å². The molecule has 0 spiro atoms. The molecule has 0 saturated heterocycles. The van der Waals surface area contributed by atoms with Crippen LogP contribution >= 0.6 is 0 Å². The van der Waals surface area contributed by atoms with E-state index in [1.807, 2.05) is 0 Å². The van der Waals surface area contributed by atoms with Crippen LogP contribution in [0, 0.1) is 17.0 Å². The summed E-state index contributed by atoms with van der Waals surface area (Å²) in [6.07, 6.45) is 3.54. The highest BCUT2D eigenvalue weighted by Gasteiger charge is 2.27. The van der Waals surface area contributed by atoms with E-state index in [4.69, 9.17) is 14.2 Å². The summed E-state index contributed by atoms with van der Waals surface area (Å²) in [7, 11) is 1.55. The molecule has 2 aromatic carbocycles. The predicted molar refractivity (Wildman–Crippen MR) is 112 cm³/mol. The molecule has 0 radical (unpaired) electrons. The van der Waals surface area contributed by atoms with Gasteiger partial charge in [-0.2, -0.15) is 0 Å². The maximum absolute atomic E-state index is 12.3. The van der Waals surface area contributed by atoms with E-state index in [1.165, 1.54) is 12.1 Å². The van der Waals surface area contributed by atoms with Gasteiger partial charge in [-0.15, -0.1) is 0 Å². The number of methoxy groups -OCH3 is 1. The van der Waals surface area contributed by atoms with Gasteiger partial charge in [-0.1, -0.05) is 25.5 Å². The Labute approximate surface area is 173 Å². The molecule has 0 atom stereocenters. The quantitative estimate of drug-likeness (QED) is 0.210. The third-order valence-corrected chi connectivity index (χ3v) is 4.60.